The monoisotopic (exact) mass is 688 g/mol. The van der Waals surface area contributed by atoms with E-state index in [-0.39, 0.29) is 38.0 Å². The molecule has 4 amide bonds. The molecule has 1 heterocycles. The lowest BCUT2D eigenvalue weighted by molar-refractivity contribution is -0.150. The lowest BCUT2D eigenvalue weighted by Crippen LogP contribution is -2.57. The average molecular weight is 689 g/mol. The van der Waals surface area contributed by atoms with Gasteiger partial charge in [-0.3, -0.25) is 9.59 Å². The number of likely N-dealkylation sites (N-methyl/N-ethyl adjacent to an activating group) is 1. The van der Waals surface area contributed by atoms with Crippen LogP contribution in [0.2, 0.25) is 5.02 Å². The lowest BCUT2D eigenvalue weighted by atomic mass is 9.95. The second-order valence-electron chi connectivity index (χ2n) is 13.7. The Hall–Kier alpha value is -4.52. The highest BCUT2D eigenvalue weighted by Crippen LogP contribution is 2.31. The van der Waals surface area contributed by atoms with Crippen LogP contribution in [0.4, 0.5) is 9.59 Å². The van der Waals surface area contributed by atoms with E-state index in [4.69, 9.17) is 21.1 Å². The van der Waals surface area contributed by atoms with Crippen LogP contribution in [0.1, 0.15) is 65.5 Å². The number of nitrogens with one attached hydrogen (secondary N) is 3. The van der Waals surface area contributed by atoms with Crippen LogP contribution >= 0.6 is 11.6 Å². The van der Waals surface area contributed by atoms with Crippen LogP contribution < -0.4 is 16.0 Å². The largest absolute Gasteiger partial charge is 0.508 e. The first-order valence-electron chi connectivity index (χ1n) is 15.6. The SMILES string of the molecule is CN1C(=O)[C@H](CCCNC(=O)OC(C)(C)C)NC(=O)[C@@H](NC(=O)OC(C)(C)C)Cc2cc(ccc2O)-c2ccc(Cl)c(c2)C[C@H]1C(=O)O. The zero-order valence-electron chi connectivity index (χ0n) is 28.3. The first kappa shape index (κ1) is 37.9. The molecule has 3 atom stereocenters. The van der Waals surface area contributed by atoms with Crippen LogP contribution in [-0.4, -0.2) is 88.0 Å². The van der Waals surface area contributed by atoms with E-state index < -0.39 is 59.3 Å². The third-order valence-corrected chi connectivity index (χ3v) is 7.72. The molecule has 14 heteroatoms. The van der Waals surface area contributed by atoms with Gasteiger partial charge in [-0.1, -0.05) is 23.7 Å². The van der Waals surface area contributed by atoms with Gasteiger partial charge >= 0.3 is 18.2 Å². The minimum atomic E-state index is -1.36. The molecule has 5 N–H and O–H groups in total. The molecule has 3 rings (SSSR count). The Morgan fingerprint density at radius 3 is 2.12 bits per heavy atom. The summed E-state index contributed by atoms with van der Waals surface area (Å²) in [5.74, 6) is -2.91. The van der Waals surface area contributed by atoms with Crippen LogP contribution in [0.25, 0.3) is 11.1 Å². The van der Waals surface area contributed by atoms with E-state index in [1.807, 2.05) is 0 Å². The Balaban J connectivity index is 2.06. The smallest absolute Gasteiger partial charge is 0.408 e. The van der Waals surface area contributed by atoms with Gasteiger partial charge in [0.1, 0.15) is 35.1 Å². The molecule has 4 bridgehead atoms. The summed E-state index contributed by atoms with van der Waals surface area (Å²) in [5.41, 5.74) is 0.471. The second kappa shape index (κ2) is 15.6. The number of alkyl carbamates (subject to hydrolysis) is 2. The molecule has 0 unspecified atom stereocenters. The predicted octanol–water partition coefficient (Wildman–Crippen LogP) is 4.41. The number of carbonyl (C=O) groups excluding carboxylic acids is 4. The number of nitrogens with zero attached hydrogens (tertiary/aromatic N) is 1. The molecule has 1 aliphatic rings. The van der Waals surface area contributed by atoms with Gasteiger partial charge < -0.3 is 40.5 Å². The Kier molecular flexibility index (Phi) is 12.3. The van der Waals surface area contributed by atoms with Crippen molar-refractivity contribution in [2.45, 2.75) is 96.6 Å². The summed E-state index contributed by atoms with van der Waals surface area (Å²) in [6, 6.07) is 5.90. The van der Waals surface area contributed by atoms with E-state index in [2.05, 4.69) is 16.0 Å². The molecule has 13 nitrogen and oxygen atoms in total. The first-order chi connectivity index (χ1) is 22.2. The zero-order chi connectivity index (χ0) is 36.0. The highest BCUT2D eigenvalue weighted by molar-refractivity contribution is 6.31. The van der Waals surface area contributed by atoms with Crippen molar-refractivity contribution in [1.29, 1.82) is 0 Å². The molecule has 48 heavy (non-hydrogen) atoms. The molecule has 0 saturated heterocycles. The second-order valence-corrected chi connectivity index (χ2v) is 14.1. The fourth-order valence-corrected chi connectivity index (χ4v) is 5.25. The number of hydrogen-bond donors (Lipinski definition) is 5. The van der Waals surface area contributed by atoms with E-state index in [0.717, 1.165) is 4.90 Å². The van der Waals surface area contributed by atoms with Crippen molar-refractivity contribution in [3.8, 4) is 16.9 Å². The summed E-state index contributed by atoms with van der Waals surface area (Å²) in [4.78, 5) is 66.4. The van der Waals surface area contributed by atoms with E-state index in [0.29, 0.717) is 27.3 Å². The maximum absolute atomic E-state index is 13.9. The minimum Gasteiger partial charge on any atom is -0.508 e. The quantitative estimate of drug-likeness (QED) is 0.275. The standard InChI is InChI=1S/C34H45ClN4O9/c1-33(2,3)47-31(45)36-14-8-9-24-29(42)39(7)26(30(43)44)18-21-15-19(10-12-23(21)35)20-11-13-27(40)22(16-20)17-25(28(41)37-24)38-32(46)48-34(4,5)6/h10-13,15-16,24-26,40H,8-9,14,17-18H2,1-7H3,(H,36,45)(H,37,41)(H,38,46)(H,43,44)/t24-,25-,26-/m0/s1. The number of aliphatic carboxylic acids is 1. The summed E-state index contributed by atoms with van der Waals surface area (Å²) in [7, 11) is 1.33. The number of carboxylic acid groups (broad SMARTS) is 1. The molecule has 262 valence electrons. The maximum atomic E-state index is 13.9. The lowest BCUT2D eigenvalue weighted by Gasteiger charge is -2.31. The third kappa shape index (κ3) is 11.0. The Bertz CT molecular complexity index is 1530. The van der Waals surface area contributed by atoms with Crippen LogP contribution in [-0.2, 0) is 36.7 Å². The number of fused-ring (bicyclic) bond motifs is 5. The van der Waals surface area contributed by atoms with Gasteiger partial charge in [0.25, 0.3) is 0 Å². The summed E-state index contributed by atoms with van der Waals surface area (Å²) in [6.07, 6.45) is -1.69. The molecule has 0 fully saturated rings. The average Bonchev–Trinajstić information content (AvgIpc) is 2.95. The van der Waals surface area contributed by atoms with Crippen LogP contribution in [0, 0.1) is 0 Å². The van der Waals surface area contributed by atoms with E-state index >= 15 is 0 Å². The van der Waals surface area contributed by atoms with Crippen LogP contribution in [0.15, 0.2) is 36.4 Å². The molecule has 0 aliphatic carbocycles. The van der Waals surface area contributed by atoms with E-state index in [1.54, 1.807) is 71.9 Å². The van der Waals surface area contributed by atoms with Crippen molar-refractivity contribution in [2.24, 2.45) is 0 Å². The highest BCUT2D eigenvalue weighted by Gasteiger charge is 2.35. The van der Waals surface area contributed by atoms with Gasteiger partial charge in [-0.2, -0.15) is 0 Å². The number of aromatic hydroxyl groups is 1. The topological polar surface area (TPSA) is 184 Å². The van der Waals surface area contributed by atoms with Crippen molar-refractivity contribution >= 4 is 41.6 Å². The van der Waals surface area contributed by atoms with E-state index in [9.17, 15) is 34.2 Å². The number of phenolic OH excluding ortho intramolecular Hbond substituents is 1. The van der Waals surface area contributed by atoms with Gasteiger partial charge in [0.15, 0.2) is 0 Å². The van der Waals surface area contributed by atoms with Crippen LogP contribution in [0.5, 0.6) is 5.75 Å². The zero-order valence-corrected chi connectivity index (χ0v) is 29.1. The fourth-order valence-electron chi connectivity index (χ4n) is 5.06. The summed E-state index contributed by atoms with van der Waals surface area (Å²) < 4.78 is 10.6. The number of amides is 4. The van der Waals surface area contributed by atoms with Crippen molar-refractivity contribution in [2.75, 3.05) is 13.6 Å². The molecule has 0 saturated carbocycles. The summed E-state index contributed by atoms with van der Waals surface area (Å²) in [6.45, 7) is 10.2. The predicted molar refractivity (Wildman–Crippen MR) is 179 cm³/mol. The van der Waals surface area contributed by atoms with Gasteiger partial charge in [-0.15, -0.1) is 0 Å². The fraction of sp³-hybridized carbons (Fsp3) is 0.500. The number of rotatable bonds is 6. The van der Waals surface area contributed by atoms with Crippen LogP contribution in [0.3, 0.4) is 0 Å². The summed E-state index contributed by atoms with van der Waals surface area (Å²) in [5, 5.41) is 29.1. The number of carbonyl (C=O) groups is 5. The molecular formula is C34H45ClN4O9. The van der Waals surface area contributed by atoms with E-state index in [1.165, 1.54) is 13.1 Å². The number of carboxylic acids is 1. The Morgan fingerprint density at radius 2 is 1.52 bits per heavy atom. The maximum Gasteiger partial charge on any atom is 0.408 e. The van der Waals surface area contributed by atoms with Crippen molar-refractivity contribution in [3.63, 3.8) is 0 Å². The molecule has 0 aromatic heterocycles. The van der Waals surface area contributed by atoms with Gasteiger partial charge in [0, 0.05) is 31.5 Å². The van der Waals surface area contributed by atoms with Gasteiger partial charge in [0.2, 0.25) is 11.8 Å². The van der Waals surface area contributed by atoms with Crippen molar-refractivity contribution < 1.29 is 43.7 Å². The van der Waals surface area contributed by atoms with Crippen molar-refractivity contribution in [3.05, 3.63) is 52.5 Å². The number of halogens is 1. The highest BCUT2D eigenvalue weighted by atomic mass is 35.5. The third-order valence-electron chi connectivity index (χ3n) is 7.36. The molecule has 1 aliphatic heterocycles. The number of ether oxygens (including phenoxy) is 2. The molecule has 2 aromatic rings. The van der Waals surface area contributed by atoms with Crippen molar-refractivity contribution in [1.82, 2.24) is 20.9 Å². The normalized spacial score (nSPS) is 18.9. The Labute approximate surface area is 285 Å². The molecule has 2 aromatic carbocycles. The minimum absolute atomic E-state index is 0.00676. The number of phenols is 1. The molecule has 0 radical (unpaired) electrons. The van der Waals surface area contributed by atoms with Gasteiger partial charge in [0.05, 0.1) is 0 Å². The number of hydrogen-bond acceptors (Lipinski definition) is 8. The molecule has 0 spiro atoms. The number of benzene rings is 2. The van der Waals surface area contributed by atoms with Gasteiger partial charge in [-0.25, -0.2) is 14.4 Å². The van der Waals surface area contributed by atoms with Gasteiger partial charge in [-0.05, 0) is 101 Å². The molecular weight excluding hydrogens is 644 g/mol. The Morgan fingerprint density at radius 1 is 0.938 bits per heavy atom. The summed E-state index contributed by atoms with van der Waals surface area (Å²) >= 11 is 6.49. The first-order valence-corrected chi connectivity index (χ1v) is 16.0.